The molecule has 2 aromatic carbocycles. The number of carbonyl (C=O) groups excluding carboxylic acids is 3. The molecule has 1 aromatic heterocycles. The molecule has 8 heteroatoms. The van der Waals surface area contributed by atoms with Crippen molar-refractivity contribution < 1.29 is 19.1 Å². The van der Waals surface area contributed by atoms with E-state index in [0.29, 0.717) is 25.3 Å². The average Bonchev–Trinajstić information content (AvgIpc) is 3.32. The first kappa shape index (κ1) is 21.6. The van der Waals surface area contributed by atoms with Gasteiger partial charge in [0.1, 0.15) is 6.04 Å². The van der Waals surface area contributed by atoms with Gasteiger partial charge < -0.3 is 19.9 Å². The summed E-state index contributed by atoms with van der Waals surface area (Å²) in [5, 5.41) is 6.42. The summed E-state index contributed by atoms with van der Waals surface area (Å²) in [6.45, 7) is 1.57. The molecule has 4 rings (SSSR count). The predicted octanol–water partition coefficient (Wildman–Crippen LogP) is 2.78. The van der Waals surface area contributed by atoms with E-state index < -0.39 is 12.1 Å². The van der Waals surface area contributed by atoms with Crippen molar-refractivity contribution in [2.75, 3.05) is 25.6 Å². The van der Waals surface area contributed by atoms with Gasteiger partial charge in [-0.3, -0.25) is 14.5 Å². The number of urea groups is 1. The number of anilines is 1. The number of imide groups is 1. The molecular formula is C24H26N4O4. The van der Waals surface area contributed by atoms with E-state index in [9.17, 15) is 14.4 Å². The van der Waals surface area contributed by atoms with Crippen molar-refractivity contribution in [3.05, 3.63) is 66.4 Å². The summed E-state index contributed by atoms with van der Waals surface area (Å²) in [5.41, 5.74) is 2.69. The normalized spacial score (nSPS) is 15.9. The molecule has 1 aliphatic rings. The fourth-order valence-corrected chi connectivity index (χ4v) is 3.92. The zero-order valence-corrected chi connectivity index (χ0v) is 17.9. The lowest BCUT2D eigenvalue weighted by Crippen LogP contribution is -2.34. The third-order valence-electron chi connectivity index (χ3n) is 5.59. The van der Waals surface area contributed by atoms with Crippen LogP contribution in [0.2, 0.25) is 0 Å². The third-order valence-corrected chi connectivity index (χ3v) is 5.59. The minimum Gasteiger partial charge on any atom is -0.383 e. The SMILES string of the molecule is COCCn1ccc2c(NC(=O)C[C@H]3NC(=O)N(CCc4ccccc4)C3=O)cccc21. The van der Waals surface area contributed by atoms with Crippen LogP contribution in [0.15, 0.2) is 60.8 Å². The molecule has 0 spiro atoms. The van der Waals surface area contributed by atoms with Crippen LogP contribution in [0.4, 0.5) is 10.5 Å². The average molecular weight is 434 g/mol. The zero-order valence-electron chi connectivity index (χ0n) is 17.9. The Morgan fingerprint density at radius 3 is 2.66 bits per heavy atom. The van der Waals surface area contributed by atoms with E-state index in [1.54, 1.807) is 7.11 Å². The molecule has 1 aliphatic heterocycles. The number of carbonyl (C=O) groups is 3. The first-order chi connectivity index (χ1) is 15.6. The fraction of sp³-hybridized carbons (Fsp3) is 0.292. The lowest BCUT2D eigenvalue weighted by Gasteiger charge is -2.13. The van der Waals surface area contributed by atoms with Gasteiger partial charge in [-0.25, -0.2) is 4.79 Å². The number of nitrogens with one attached hydrogen (secondary N) is 2. The minimum absolute atomic E-state index is 0.118. The van der Waals surface area contributed by atoms with Gasteiger partial charge in [-0.2, -0.15) is 0 Å². The summed E-state index contributed by atoms with van der Waals surface area (Å²) < 4.78 is 7.20. The van der Waals surface area contributed by atoms with Crippen molar-refractivity contribution in [2.24, 2.45) is 0 Å². The molecule has 0 saturated carbocycles. The summed E-state index contributed by atoms with van der Waals surface area (Å²) >= 11 is 0. The first-order valence-corrected chi connectivity index (χ1v) is 10.6. The summed E-state index contributed by atoms with van der Waals surface area (Å²) in [6, 6.07) is 15.9. The Labute approximate surface area is 186 Å². The van der Waals surface area contributed by atoms with Crippen LogP contribution >= 0.6 is 0 Å². The van der Waals surface area contributed by atoms with Crippen LogP contribution in [0.25, 0.3) is 10.9 Å². The quantitative estimate of drug-likeness (QED) is 0.507. The summed E-state index contributed by atoms with van der Waals surface area (Å²) in [4.78, 5) is 38.8. The van der Waals surface area contributed by atoms with Gasteiger partial charge in [-0.1, -0.05) is 36.4 Å². The third kappa shape index (κ3) is 4.65. The van der Waals surface area contributed by atoms with Gasteiger partial charge >= 0.3 is 6.03 Å². The standard InChI is InChI=1S/C24H26N4O4/c1-32-15-14-27-12-11-18-19(8-5-9-21(18)27)25-22(29)16-20-23(30)28(24(31)26-20)13-10-17-6-3-2-4-7-17/h2-9,11-12,20H,10,13-16H2,1H3,(H,25,29)(H,26,31)/t20-/m1/s1. The number of nitrogens with zero attached hydrogens (tertiary/aromatic N) is 2. The number of amides is 4. The molecule has 4 amide bonds. The summed E-state index contributed by atoms with van der Waals surface area (Å²) in [6.07, 6.45) is 2.40. The van der Waals surface area contributed by atoms with E-state index >= 15 is 0 Å². The van der Waals surface area contributed by atoms with E-state index in [4.69, 9.17) is 4.74 Å². The van der Waals surface area contributed by atoms with Gasteiger partial charge in [0.2, 0.25) is 5.91 Å². The molecule has 32 heavy (non-hydrogen) atoms. The van der Waals surface area contributed by atoms with Crippen molar-refractivity contribution in [3.63, 3.8) is 0 Å². The van der Waals surface area contributed by atoms with Crippen LogP contribution in [0.1, 0.15) is 12.0 Å². The highest BCUT2D eigenvalue weighted by atomic mass is 16.5. The summed E-state index contributed by atoms with van der Waals surface area (Å²) in [7, 11) is 1.66. The topological polar surface area (TPSA) is 92.7 Å². The van der Waals surface area contributed by atoms with E-state index in [1.807, 2.05) is 60.8 Å². The molecule has 2 heterocycles. The van der Waals surface area contributed by atoms with Crippen LogP contribution < -0.4 is 10.6 Å². The monoisotopic (exact) mass is 434 g/mol. The maximum Gasteiger partial charge on any atom is 0.324 e. The van der Waals surface area contributed by atoms with Gasteiger partial charge in [0.25, 0.3) is 5.91 Å². The van der Waals surface area contributed by atoms with E-state index in [1.165, 1.54) is 4.90 Å². The second kappa shape index (κ2) is 9.65. The van der Waals surface area contributed by atoms with Crippen LogP contribution in [0.3, 0.4) is 0 Å². The Hall–Kier alpha value is -3.65. The van der Waals surface area contributed by atoms with Crippen LogP contribution in [0, 0.1) is 0 Å². The lowest BCUT2D eigenvalue weighted by atomic mass is 10.1. The van der Waals surface area contributed by atoms with Gasteiger partial charge in [-0.15, -0.1) is 0 Å². The molecule has 3 aromatic rings. The second-order valence-corrected chi connectivity index (χ2v) is 7.72. The number of benzene rings is 2. The number of hydrogen-bond acceptors (Lipinski definition) is 4. The Morgan fingerprint density at radius 1 is 1.06 bits per heavy atom. The van der Waals surface area contributed by atoms with E-state index in [-0.39, 0.29) is 24.8 Å². The van der Waals surface area contributed by atoms with Crippen molar-refractivity contribution >= 4 is 34.4 Å². The van der Waals surface area contributed by atoms with Gasteiger partial charge in [0, 0.05) is 31.8 Å². The number of aromatic nitrogens is 1. The highest BCUT2D eigenvalue weighted by Crippen LogP contribution is 2.25. The highest BCUT2D eigenvalue weighted by molar-refractivity contribution is 6.08. The van der Waals surface area contributed by atoms with Crippen molar-refractivity contribution in [1.82, 2.24) is 14.8 Å². The van der Waals surface area contributed by atoms with Crippen LogP contribution in [-0.4, -0.2) is 53.6 Å². The molecule has 0 radical (unpaired) electrons. The lowest BCUT2D eigenvalue weighted by molar-refractivity contribution is -0.129. The van der Waals surface area contributed by atoms with Crippen molar-refractivity contribution in [2.45, 2.75) is 25.4 Å². The largest absolute Gasteiger partial charge is 0.383 e. The van der Waals surface area contributed by atoms with Crippen LogP contribution in [-0.2, 0) is 27.3 Å². The summed E-state index contributed by atoms with van der Waals surface area (Å²) in [5.74, 6) is -0.698. The first-order valence-electron chi connectivity index (χ1n) is 10.6. The molecule has 166 valence electrons. The Bertz CT molecular complexity index is 1130. The number of methoxy groups -OCH3 is 1. The smallest absolute Gasteiger partial charge is 0.324 e. The maximum atomic E-state index is 12.7. The predicted molar refractivity (Wildman–Crippen MR) is 121 cm³/mol. The van der Waals surface area contributed by atoms with Crippen molar-refractivity contribution in [1.29, 1.82) is 0 Å². The fourth-order valence-electron chi connectivity index (χ4n) is 3.92. The molecule has 2 N–H and O–H groups in total. The molecule has 0 aliphatic carbocycles. The van der Waals surface area contributed by atoms with E-state index in [2.05, 4.69) is 15.2 Å². The maximum absolute atomic E-state index is 12.7. The van der Waals surface area contributed by atoms with Gasteiger partial charge in [-0.05, 0) is 30.2 Å². The molecular weight excluding hydrogens is 408 g/mol. The molecule has 1 saturated heterocycles. The molecule has 1 fully saturated rings. The molecule has 0 unspecified atom stereocenters. The molecule has 1 atom stereocenters. The van der Waals surface area contributed by atoms with Crippen molar-refractivity contribution in [3.8, 4) is 0 Å². The van der Waals surface area contributed by atoms with E-state index in [0.717, 1.165) is 16.5 Å². The second-order valence-electron chi connectivity index (χ2n) is 7.72. The Balaban J connectivity index is 1.37. The van der Waals surface area contributed by atoms with Crippen LogP contribution in [0.5, 0.6) is 0 Å². The minimum atomic E-state index is -0.858. The number of hydrogen-bond donors (Lipinski definition) is 2. The molecule has 0 bridgehead atoms. The zero-order chi connectivity index (χ0) is 22.5. The van der Waals surface area contributed by atoms with Gasteiger partial charge in [0.15, 0.2) is 0 Å². The Morgan fingerprint density at radius 2 is 1.88 bits per heavy atom. The highest BCUT2D eigenvalue weighted by Gasteiger charge is 2.38. The number of fused-ring (bicyclic) bond motifs is 1. The Kier molecular flexibility index (Phi) is 6.51. The number of ether oxygens (including phenoxy) is 1. The number of rotatable bonds is 9. The van der Waals surface area contributed by atoms with Gasteiger partial charge in [0.05, 0.1) is 24.2 Å². The molecule has 8 nitrogen and oxygen atoms in total.